The van der Waals surface area contributed by atoms with E-state index in [0.29, 0.717) is 0 Å². The molecule has 0 N–H and O–H groups in total. The van der Waals surface area contributed by atoms with Gasteiger partial charge in [-0.1, -0.05) is 15.9 Å². The number of ether oxygens (including phenoxy) is 1. The van der Waals surface area contributed by atoms with Crippen molar-refractivity contribution in [2.75, 3.05) is 7.11 Å². The van der Waals surface area contributed by atoms with Gasteiger partial charge in [-0.2, -0.15) is 0 Å². The Bertz CT molecular complexity index is 464. The molecule has 2 rings (SSSR count). The van der Waals surface area contributed by atoms with Crippen LogP contribution in [0.15, 0.2) is 23.1 Å². The van der Waals surface area contributed by atoms with Gasteiger partial charge in [0.1, 0.15) is 5.75 Å². The van der Waals surface area contributed by atoms with Crippen LogP contribution >= 0.6 is 39.9 Å². The number of halogens is 1. The highest BCUT2D eigenvalue weighted by Gasteiger charge is 2.07. The van der Waals surface area contributed by atoms with Gasteiger partial charge in [0.25, 0.3) is 0 Å². The molecule has 4 heteroatoms. The zero-order valence-corrected chi connectivity index (χ0v) is 10.9. The topological polar surface area (TPSA) is 9.23 Å². The molecule has 0 unspecified atom stereocenters. The van der Waals surface area contributed by atoms with E-state index in [1.807, 2.05) is 6.07 Å². The van der Waals surface area contributed by atoms with E-state index in [9.17, 15) is 0 Å². The van der Waals surface area contributed by atoms with Gasteiger partial charge in [-0.05, 0) is 18.2 Å². The summed E-state index contributed by atoms with van der Waals surface area (Å²) in [6.45, 7) is 0. The summed E-state index contributed by atoms with van der Waals surface area (Å²) in [6, 6.07) is 6.18. The summed E-state index contributed by atoms with van der Waals surface area (Å²) in [5.74, 6) is 0.833. The average Bonchev–Trinajstić information content (AvgIpc) is 2.62. The lowest BCUT2D eigenvalue weighted by Gasteiger charge is -2.03. The van der Waals surface area contributed by atoms with E-state index in [1.165, 1.54) is 15.0 Å². The van der Waals surface area contributed by atoms with Crippen molar-refractivity contribution in [1.29, 1.82) is 0 Å². The molecule has 0 atom stereocenters. The Kier molecular flexibility index (Phi) is 3.04. The molecule has 0 radical (unpaired) electrons. The third-order valence-electron chi connectivity index (χ3n) is 2.04. The maximum absolute atomic E-state index is 5.21. The molecule has 1 nitrogen and oxygen atoms in total. The van der Waals surface area contributed by atoms with Crippen LogP contribution in [0, 0.1) is 0 Å². The lowest BCUT2D eigenvalue weighted by molar-refractivity contribution is 0.406. The molecule has 14 heavy (non-hydrogen) atoms. The number of thiol groups is 1. The van der Waals surface area contributed by atoms with Crippen molar-refractivity contribution < 1.29 is 4.74 Å². The fraction of sp³-hybridized carbons (Fsp3) is 0.200. The Balaban J connectivity index is 2.68. The van der Waals surface area contributed by atoms with Crippen molar-refractivity contribution in [1.82, 2.24) is 0 Å². The van der Waals surface area contributed by atoms with Crippen LogP contribution in [0.5, 0.6) is 5.75 Å². The summed E-state index contributed by atoms with van der Waals surface area (Å²) in [4.78, 5) is 2.23. The molecule has 1 aromatic carbocycles. The molecule has 0 aliphatic rings. The molecular formula is C10H9BrOS2. The second-order valence-corrected chi connectivity index (χ2v) is 5.05. The number of methoxy groups -OCH3 is 1. The van der Waals surface area contributed by atoms with E-state index in [4.69, 9.17) is 4.74 Å². The SMILES string of the molecule is COc1ccc2sc(CBr)cc2c1S. The Labute approximate surface area is 101 Å². The van der Waals surface area contributed by atoms with E-state index in [0.717, 1.165) is 16.0 Å². The van der Waals surface area contributed by atoms with Crippen molar-refractivity contribution in [3.63, 3.8) is 0 Å². The first-order valence-corrected chi connectivity index (χ1v) is 6.49. The summed E-state index contributed by atoms with van der Waals surface area (Å²) < 4.78 is 6.47. The smallest absolute Gasteiger partial charge is 0.132 e. The molecule has 74 valence electrons. The zero-order valence-electron chi connectivity index (χ0n) is 7.58. The maximum Gasteiger partial charge on any atom is 0.132 e. The molecule has 0 fully saturated rings. The number of rotatable bonds is 2. The highest BCUT2D eigenvalue weighted by molar-refractivity contribution is 9.08. The molecule has 0 aliphatic heterocycles. The molecule has 0 saturated carbocycles. The predicted molar refractivity (Wildman–Crippen MR) is 68.3 cm³/mol. The summed E-state index contributed by atoms with van der Waals surface area (Å²) in [6.07, 6.45) is 0. The van der Waals surface area contributed by atoms with Crippen LogP contribution in [0.3, 0.4) is 0 Å². The van der Waals surface area contributed by atoms with Crippen molar-refractivity contribution in [2.45, 2.75) is 10.2 Å². The largest absolute Gasteiger partial charge is 0.496 e. The molecule has 0 bridgehead atoms. The van der Waals surface area contributed by atoms with Gasteiger partial charge in [0.05, 0.1) is 12.0 Å². The second-order valence-electron chi connectivity index (χ2n) is 2.87. The summed E-state index contributed by atoms with van der Waals surface area (Å²) in [5, 5.41) is 2.06. The van der Waals surface area contributed by atoms with Crippen molar-refractivity contribution in [3.8, 4) is 5.75 Å². The van der Waals surface area contributed by atoms with Gasteiger partial charge >= 0.3 is 0 Å². The van der Waals surface area contributed by atoms with Crippen LogP contribution in [0.2, 0.25) is 0 Å². The highest BCUT2D eigenvalue weighted by atomic mass is 79.9. The minimum atomic E-state index is 0.833. The van der Waals surface area contributed by atoms with Gasteiger partial charge in [-0.25, -0.2) is 0 Å². The Morgan fingerprint density at radius 2 is 2.29 bits per heavy atom. The van der Waals surface area contributed by atoms with Crippen molar-refractivity contribution >= 4 is 50.0 Å². The predicted octanol–water partition coefficient (Wildman–Crippen LogP) is 4.09. The van der Waals surface area contributed by atoms with Crippen LogP contribution < -0.4 is 4.74 Å². The molecule has 0 amide bonds. The van der Waals surface area contributed by atoms with Crippen molar-refractivity contribution in [2.24, 2.45) is 0 Å². The maximum atomic E-state index is 5.21. The monoisotopic (exact) mass is 288 g/mol. The van der Waals surface area contributed by atoms with Crippen LogP contribution in [0.25, 0.3) is 10.1 Å². The fourth-order valence-electron chi connectivity index (χ4n) is 1.36. The van der Waals surface area contributed by atoms with Crippen LogP contribution in [0.4, 0.5) is 0 Å². The lowest BCUT2D eigenvalue weighted by Crippen LogP contribution is -1.83. The van der Waals surface area contributed by atoms with Crippen LogP contribution in [0.1, 0.15) is 4.88 Å². The summed E-state index contributed by atoms with van der Waals surface area (Å²) in [5.41, 5.74) is 0. The summed E-state index contributed by atoms with van der Waals surface area (Å²) >= 11 is 9.69. The summed E-state index contributed by atoms with van der Waals surface area (Å²) in [7, 11) is 1.67. The van der Waals surface area contributed by atoms with E-state index in [2.05, 4.69) is 40.7 Å². The molecular weight excluding hydrogens is 280 g/mol. The standard InChI is InChI=1S/C10H9BrOS2/c1-12-8-2-3-9-7(10(8)13)4-6(5-11)14-9/h2-4,13H,5H2,1H3. The first-order chi connectivity index (χ1) is 6.76. The number of fused-ring (bicyclic) bond motifs is 1. The Morgan fingerprint density at radius 3 is 2.93 bits per heavy atom. The quantitative estimate of drug-likeness (QED) is 0.647. The van der Waals surface area contributed by atoms with Gasteiger partial charge in [0, 0.05) is 20.3 Å². The average molecular weight is 289 g/mol. The number of benzene rings is 1. The molecule has 0 aliphatic carbocycles. The zero-order chi connectivity index (χ0) is 10.1. The van der Waals surface area contributed by atoms with Gasteiger partial charge in [-0.3, -0.25) is 0 Å². The lowest BCUT2D eigenvalue weighted by atomic mass is 10.2. The van der Waals surface area contributed by atoms with E-state index in [-0.39, 0.29) is 0 Å². The van der Waals surface area contributed by atoms with Gasteiger partial charge in [0.15, 0.2) is 0 Å². The number of hydrogen-bond donors (Lipinski definition) is 1. The number of alkyl halides is 1. The van der Waals surface area contributed by atoms with E-state index in [1.54, 1.807) is 18.4 Å². The Hall–Kier alpha value is -0.190. The minimum absolute atomic E-state index is 0.833. The normalized spacial score (nSPS) is 10.8. The van der Waals surface area contributed by atoms with Crippen molar-refractivity contribution in [3.05, 3.63) is 23.1 Å². The first kappa shape index (κ1) is 10.3. The highest BCUT2D eigenvalue weighted by Crippen LogP contribution is 2.36. The van der Waals surface area contributed by atoms with E-state index < -0.39 is 0 Å². The first-order valence-electron chi connectivity index (χ1n) is 4.10. The number of thiophene rings is 1. The van der Waals surface area contributed by atoms with Crippen LogP contribution in [-0.4, -0.2) is 7.11 Å². The van der Waals surface area contributed by atoms with Crippen LogP contribution in [-0.2, 0) is 5.33 Å². The van der Waals surface area contributed by atoms with Gasteiger partial charge in [0.2, 0.25) is 0 Å². The number of hydrogen-bond acceptors (Lipinski definition) is 3. The molecule has 0 spiro atoms. The van der Waals surface area contributed by atoms with Gasteiger partial charge in [-0.15, -0.1) is 24.0 Å². The van der Waals surface area contributed by atoms with E-state index >= 15 is 0 Å². The minimum Gasteiger partial charge on any atom is -0.496 e. The molecule has 0 saturated heterocycles. The van der Waals surface area contributed by atoms with Gasteiger partial charge < -0.3 is 4.74 Å². The third kappa shape index (κ3) is 1.66. The second kappa shape index (κ2) is 4.13. The molecule has 2 aromatic rings. The third-order valence-corrected chi connectivity index (χ3v) is 4.57. The fourth-order valence-corrected chi connectivity index (χ4v) is 3.21. The molecule has 1 aromatic heterocycles. The Morgan fingerprint density at radius 1 is 1.50 bits per heavy atom. The molecule has 1 heterocycles.